The van der Waals surface area contributed by atoms with E-state index in [2.05, 4.69) is 4.72 Å². The maximum absolute atomic E-state index is 12.5. The number of benzene rings is 1. The van der Waals surface area contributed by atoms with E-state index in [1.807, 2.05) is 19.9 Å². The van der Waals surface area contributed by atoms with E-state index >= 15 is 0 Å². The molecule has 1 atom stereocenters. The molecule has 1 saturated heterocycles. The van der Waals surface area contributed by atoms with Crippen LogP contribution in [-0.2, 0) is 15.0 Å². The highest BCUT2D eigenvalue weighted by atomic mass is 32.2. The lowest BCUT2D eigenvalue weighted by molar-refractivity contribution is -0.142. The molecule has 7 heteroatoms. The Kier molecular flexibility index (Phi) is 4.53. The lowest BCUT2D eigenvalue weighted by Crippen LogP contribution is -2.50. The zero-order chi connectivity index (χ0) is 15.6. The summed E-state index contributed by atoms with van der Waals surface area (Å²) in [5, 5.41) is 9.20. The molecule has 0 bridgehead atoms. The highest BCUT2D eigenvalue weighted by Crippen LogP contribution is 2.24. The van der Waals surface area contributed by atoms with Crippen molar-refractivity contribution >= 4 is 21.9 Å². The fourth-order valence-electron chi connectivity index (χ4n) is 2.50. The van der Waals surface area contributed by atoms with Gasteiger partial charge in [0, 0.05) is 6.54 Å². The molecule has 1 aromatic rings. The van der Waals surface area contributed by atoms with Gasteiger partial charge in [0.2, 0.25) is 0 Å². The lowest BCUT2D eigenvalue weighted by Gasteiger charge is -2.32. The Hall–Kier alpha value is -1.60. The summed E-state index contributed by atoms with van der Waals surface area (Å²) in [4.78, 5) is 11.3. The summed E-state index contributed by atoms with van der Waals surface area (Å²) in [5.41, 5.74) is 2.30. The summed E-state index contributed by atoms with van der Waals surface area (Å²) in [6, 6.07) is 4.36. The van der Waals surface area contributed by atoms with E-state index in [0.717, 1.165) is 21.9 Å². The van der Waals surface area contributed by atoms with E-state index < -0.39 is 22.2 Å². The van der Waals surface area contributed by atoms with Crippen molar-refractivity contribution in [2.45, 2.75) is 39.2 Å². The number of anilines is 1. The number of nitrogens with one attached hydrogen (secondary N) is 1. The molecule has 2 rings (SSSR count). The highest BCUT2D eigenvalue weighted by Gasteiger charge is 2.36. The van der Waals surface area contributed by atoms with Crippen LogP contribution in [0.25, 0.3) is 0 Å². The molecule has 0 spiro atoms. The van der Waals surface area contributed by atoms with Crippen molar-refractivity contribution in [2.24, 2.45) is 0 Å². The molecule has 6 nitrogen and oxygen atoms in total. The van der Waals surface area contributed by atoms with Crippen molar-refractivity contribution in [2.75, 3.05) is 11.3 Å². The van der Waals surface area contributed by atoms with Crippen LogP contribution in [0, 0.1) is 13.8 Å². The van der Waals surface area contributed by atoms with Crippen LogP contribution in [0.3, 0.4) is 0 Å². The Morgan fingerprint density at radius 1 is 1.33 bits per heavy atom. The number of carbonyl (C=O) groups is 1. The fourth-order valence-corrected chi connectivity index (χ4v) is 4.02. The topological polar surface area (TPSA) is 86.7 Å². The largest absolute Gasteiger partial charge is 0.480 e. The van der Waals surface area contributed by atoms with Crippen LogP contribution >= 0.6 is 0 Å². The van der Waals surface area contributed by atoms with Gasteiger partial charge in [-0.2, -0.15) is 12.7 Å². The average Bonchev–Trinajstić information content (AvgIpc) is 2.44. The number of carboxylic acids is 1. The third kappa shape index (κ3) is 3.36. The molecule has 0 aromatic heterocycles. The van der Waals surface area contributed by atoms with Crippen molar-refractivity contribution in [3.8, 4) is 0 Å². The zero-order valence-corrected chi connectivity index (χ0v) is 13.0. The summed E-state index contributed by atoms with van der Waals surface area (Å²) in [5.74, 6) is -1.10. The maximum atomic E-state index is 12.5. The van der Waals surface area contributed by atoms with Gasteiger partial charge in [0.25, 0.3) is 0 Å². The number of piperidine rings is 1. The monoisotopic (exact) mass is 312 g/mol. The molecule has 1 unspecified atom stereocenters. The first kappa shape index (κ1) is 15.8. The number of nitrogens with zero attached hydrogens (tertiary/aromatic N) is 1. The molecule has 0 saturated carbocycles. The molecule has 0 amide bonds. The number of carboxylic acid groups (broad SMARTS) is 1. The minimum Gasteiger partial charge on any atom is -0.480 e. The number of hydrogen-bond donors (Lipinski definition) is 2. The van der Waals surface area contributed by atoms with Crippen molar-refractivity contribution in [1.29, 1.82) is 0 Å². The minimum absolute atomic E-state index is 0.233. The fraction of sp³-hybridized carbons (Fsp3) is 0.500. The Balaban J connectivity index is 2.28. The smallest absolute Gasteiger partial charge is 0.322 e. The number of hydrogen-bond acceptors (Lipinski definition) is 3. The van der Waals surface area contributed by atoms with Crippen LogP contribution in [0.15, 0.2) is 18.2 Å². The molecule has 0 aliphatic carbocycles. The van der Waals surface area contributed by atoms with Gasteiger partial charge < -0.3 is 5.11 Å². The number of aryl methyl sites for hydroxylation is 1. The molecule has 1 fully saturated rings. The van der Waals surface area contributed by atoms with Crippen molar-refractivity contribution in [3.63, 3.8) is 0 Å². The van der Waals surface area contributed by atoms with Gasteiger partial charge >= 0.3 is 16.2 Å². The summed E-state index contributed by atoms with van der Waals surface area (Å²) in [6.07, 6.45) is 1.76. The van der Waals surface area contributed by atoms with Gasteiger partial charge in [-0.25, -0.2) is 0 Å². The van der Waals surface area contributed by atoms with Gasteiger partial charge in [-0.15, -0.1) is 0 Å². The third-order valence-corrected chi connectivity index (χ3v) is 5.42. The van der Waals surface area contributed by atoms with Crippen molar-refractivity contribution < 1.29 is 18.3 Å². The molecule has 21 heavy (non-hydrogen) atoms. The molecule has 1 heterocycles. The summed E-state index contributed by atoms with van der Waals surface area (Å²) in [6.45, 7) is 3.96. The summed E-state index contributed by atoms with van der Waals surface area (Å²) >= 11 is 0. The quantitative estimate of drug-likeness (QED) is 0.889. The Bertz CT molecular complexity index is 642. The second kappa shape index (κ2) is 6.03. The first-order valence-corrected chi connectivity index (χ1v) is 8.35. The maximum Gasteiger partial charge on any atom is 0.322 e. The molecule has 116 valence electrons. The molecular formula is C14H20N2O4S. The predicted molar refractivity (Wildman–Crippen MR) is 80.4 cm³/mol. The first-order chi connectivity index (χ1) is 9.83. The summed E-state index contributed by atoms with van der Waals surface area (Å²) < 4.78 is 28.5. The van der Waals surface area contributed by atoms with Gasteiger partial charge in [0.1, 0.15) is 6.04 Å². The zero-order valence-electron chi connectivity index (χ0n) is 12.2. The van der Waals surface area contributed by atoms with Gasteiger partial charge in [-0.3, -0.25) is 9.52 Å². The molecule has 1 aromatic carbocycles. The molecule has 0 radical (unpaired) electrons. The van der Waals surface area contributed by atoms with Crippen LogP contribution in [0.4, 0.5) is 5.69 Å². The van der Waals surface area contributed by atoms with Crippen LogP contribution in [0.5, 0.6) is 0 Å². The van der Waals surface area contributed by atoms with Crippen LogP contribution in [0.1, 0.15) is 30.4 Å². The second-order valence-electron chi connectivity index (χ2n) is 5.32. The predicted octanol–water partition coefficient (Wildman–Crippen LogP) is 1.90. The Morgan fingerprint density at radius 3 is 2.71 bits per heavy atom. The van der Waals surface area contributed by atoms with Crippen LogP contribution in [-0.4, -0.2) is 36.4 Å². The molecule has 2 N–H and O–H groups in total. The average molecular weight is 312 g/mol. The van der Waals surface area contributed by atoms with Crippen molar-refractivity contribution in [3.05, 3.63) is 29.3 Å². The standard InChI is InChI=1S/C14H20N2O4S/c1-10-6-5-7-12(11(10)2)15-21(19,20)16-9-4-3-8-13(16)14(17)18/h5-7,13,15H,3-4,8-9H2,1-2H3,(H,17,18). The SMILES string of the molecule is Cc1cccc(NS(=O)(=O)N2CCCCC2C(=O)O)c1C. The normalized spacial score (nSPS) is 20.2. The first-order valence-electron chi connectivity index (χ1n) is 6.91. The van der Waals surface area contributed by atoms with Crippen LogP contribution in [0.2, 0.25) is 0 Å². The van der Waals surface area contributed by atoms with E-state index in [0.29, 0.717) is 18.5 Å². The minimum atomic E-state index is -3.87. The molecule has 1 aliphatic heterocycles. The van der Waals surface area contributed by atoms with Gasteiger partial charge in [0.15, 0.2) is 0 Å². The van der Waals surface area contributed by atoms with Gasteiger partial charge in [-0.1, -0.05) is 12.1 Å². The summed E-state index contributed by atoms with van der Waals surface area (Å²) in [7, 11) is -3.87. The highest BCUT2D eigenvalue weighted by molar-refractivity contribution is 7.90. The Labute approximate surface area is 125 Å². The van der Waals surface area contributed by atoms with Gasteiger partial charge in [0.05, 0.1) is 5.69 Å². The number of aliphatic carboxylic acids is 1. The van der Waals surface area contributed by atoms with Crippen LogP contribution < -0.4 is 4.72 Å². The number of rotatable bonds is 4. The van der Waals surface area contributed by atoms with Gasteiger partial charge in [-0.05, 0) is 50.3 Å². The third-order valence-electron chi connectivity index (χ3n) is 3.89. The van der Waals surface area contributed by atoms with Crippen molar-refractivity contribution in [1.82, 2.24) is 4.31 Å². The van der Waals surface area contributed by atoms with E-state index in [9.17, 15) is 18.3 Å². The van der Waals surface area contributed by atoms with E-state index in [4.69, 9.17) is 0 Å². The van der Waals surface area contributed by atoms with E-state index in [1.54, 1.807) is 12.1 Å². The van der Waals surface area contributed by atoms with E-state index in [-0.39, 0.29) is 6.54 Å². The molecular weight excluding hydrogens is 292 g/mol. The second-order valence-corrected chi connectivity index (χ2v) is 6.94. The molecule has 1 aliphatic rings. The lowest BCUT2D eigenvalue weighted by atomic mass is 10.1. The van der Waals surface area contributed by atoms with E-state index in [1.165, 1.54) is 0 Å². The Morgan fingerprint density at radius 2 is 2.05 bits per heavy atom.